The first kappa shape index (κ1) is 22.8. The van der Waals surface area contributed by atoms with Gasteiger partial charge in [0.05, 0.1) is 0 Å². The lowest BCUT2D eigenvalue weighted by Crippen LogP contribution is -2.52. The van der Waals surface area contributed by atoms with Crippen LogP contribution in [0.2, 0.25) is 0 Å². The molecule has 1 aromatic carbocycles. The molecule has 3 heteroatoms. The van der Waals surface area contributed by atoms with Gasteiger partial charge in [-0.05, 0) is 119 Å². The highest BCUT2D eigenvalue weighted by molar-refractivity contribution is 5.95. The van der Waals surface area contributed by atoms with Crippen molar-refractivity contribution in [1.82, 2.24) is 4.90 Å². The van der Waals surface area contributed by atoms with E-state index in [1.165, 1.54) is 63.6 Å². The maximum absolute atomic E-state index is 11.9. The van der Waals surface area contributed by atoms with Gasteiger partial charge >= 0.3 is 0 Å². The maximum Gasteiger partial charge on any atom is 0.159 e. The summed E-state index contributed by atoms with van der Waals surface area (Å²) in [7, 11) is 4.62. The van der Waals surface area contributed by atoms with Crippen molar-refractivity contribution in [3.05, 3.63) is 41.5 Å². The van der Waals surface area contributed by atoms with Crippen LogP contribution in [0.15, 0.2) is 35.9 Å². The molecule has 4 aliphatic carbocycles. The van der Waals surface area contributed by atoms with Crippen molar-refractivity contribution < 1.29 is 4.79 Å². The first-order valence-electron chi connectivity index (χ1n) is 14.0. The molecule has 0 radical (unpaired) electrons. The molecule has 0 N–H and O–H groups in total. The van der Waals surface area contributed by atoms with Crippen LogP contribution in [-0.4, -0.2) is 43.4 Å². The number of Topliss-reactive ketones (excluding diaryl/α,β-unsaturated/α-hetero) is 1. The predicted molar refractivity (Wildman–Crippen MR) is 140 cm³/mol. The van der Waals surface area contributed by atoms with Crippen LogP contribution in [0, 0.1) is 34.5 Å². The van der Waals surface area contributed by atoms with Crippen molar-refractivity contribution in [2.45, 2.75) is 84.2 Å². The van der Waals surface area contributed by atoms with Gasteiger partial charge in [0, 0.05) is 36.9 Å². The van der Waals surface area contributed by atoms with E-state index >= 15 is 0 Å². The number of carbonyl (C=O) groups is 1. The molecular weight excluding hydrogens is 416 g/mol. The summed E-state index contributed by atoms with van der Waals surface area (Å²) in [6, 6.07) is 9.54. The molecule has 0 bridgehead atoms. The fraction of sp³-hybridized carbons (Fsp3) is 0.710. The fourth-order valence-corrected chi connectivity index (χ4v) is 9.93. The third kappa shape index (κ3) is 3.14. The number of ketones is 1. The Balaban J connectivity index is 1.23. The third-order valence-electron chi connectivity index (χ3n) is 11.9. The number of rotatable bonds is 3. The Morgan fingerprint density at radius 1 is 1.09 bits per heavy atom. The Morgan fingerprint density at radius 2 is 1.88 bits per heavy atom. The van der Waals surface area contributed by atoms with Crippen molar-refractivity contribution in [2.24, 2.45) is 34.5 Å². The van der Waals surface area contributed by atoms with Crippen molar-refractivity contribution in [3.8, 4) is 0 Å². The summed E-state index contributed by atoms with van der Waals surface area (Å²) in [5, 5.41) is 0. The summed E-state index contributed by atoms with van der Waals surface area (Å²) in [6.07, 6.45) is 13.7. The SMILES string of the molecule is CC(=O)c1cccc(N(C)[C@H]2CC[C@@]3(C)C(=CC[C@@H]4C3CC[C@]35CN(C)[C@@H](C)[C@H]3CC[C@@H]45)C2)c1. The second-order valence-corrected chi connectivity index (χ2v) is 13.0. The van der Waals surface area contributed by atoms with Crippen LogP contribution in [0.3, 0.4) is 0 Å². The van der Waals surface area contributed by atoms with E-state index < -0.39 is 0 Å². The molecule has 184 valence electrons. The summed E-state index contributed by atoms with van der Waals surface area (Å²) in [6.45, 7) is 8.15. The largest absolute Gasteiger partial charge is 0.371 e. The molecule has 1 aliphatic heterocycles. The predicted octanol–water partition coefficient (Wildman–Crippen LogP) is 6.59. The second-order valence-electron chi connectivity index (χ2n) is 13.0. The van der Waals surface area contributed by atoms with Gasteiger partial charge < -0.3 is 9.80 Å². The summed E-state index contributed by atoms with van der Waals surface area (Å²) >= 11 is 0. The van der Waals surface area contributed by atoms with Gasteiger partial charge in [0.15, 0.2) is 5.78 Å². The van der Waals surface area contributed by atoms with Crippen LogP contribution in [0.25, 0.3) is 0 Å². The first-order chi connectivity index (χ1) is 16.2. The number of likely N-dealkylation sites (tertiary alicyclic amines) is 1. The van der Waals surface area contributed by atoms with E-state index in [9.17, 15) is 4.79 Å². The van der Waals surface area contributed by atoms with Gasteiger partial charge in [0.2, 0.25) is 0 Å². The quantitative estimate of drug-likeness (QED) is 0.376. The summed E-state index contributed by atoms with van der Waals surface area (Å²) in [5.41, 5.74) is 4.78. The molecule has 1 unspecified atom stereocenters. The standard InChI is InChI=1S/C31H44N2O/c1-20-27-11-12-29-26-10-9-23-18-25(33(5)24-8-6-7-22(17-24)21(2)34)13-15-30(23,3)28(26)14-16-31(27,29)19-32(20)4/h6-9,17,20,25-29H,10-16,18-19H2,1-5H3/t20-,25-,26+,27+,28?,29-,30-,31-/m0/s1. The molecule has 1 spiro atoms. The van der Waals surface area contributed by atoms with Crippen molar-refractivity contribution in [1.29, 1.82) is 0 Å². The molecule has 1 heterocycles. The van der Waals surface area contributed by atoms with Crippen LogP contribution in [0.5, 0.6) is 0 Å². The van der Waals surface area contributed by atoms with Crippen LogP contribution >= 0.6 is 0 Å². The highest BCUT2D eigenvalue weighted by Gasteiger charge is 2.64. The third-order valence-corrected chi connectivity index (χ3v) is 11.9. The Labute approximate surface area is 207 Å². The molecule has 0 amide bonds. The lowest BCUT2D eigenvalue weighted by Gasteiger charge is -2.58. The number of allylic oxidation sites excluding steroid dienone is 1. The number of hydrogen-bond acceptors (Lipinski definition) is 3. The van der Waals surface area contributed by atoms with Crippen molar-refractivity contribution >= 4 is 11.5 Å². The molecule has 5 aliphatic rings. The second kappa shape index (κ2) is 7.95. The zero-order valence-electron chi connectivity index (χ0n) is 22.0. The van der Waals surface area contributed by atoms with Gasteiger partial charge in [0.1, 0.15) is 0 Å². The topological polar surface area (TPSA) is 23.6 Å². The van der Waals surface area contributed by atoms with Crippen LogP contribution in [0.1, 0.15) is 82.5 Å². The minimum atomic E-state index is 0.152. The molecule has 1 aromatic rings. The molecule has 0 aromatic heterocycles. The zero-order valence-corrected chi connectivity index (χ0v) is 22.0. The minimum Gasteiger partial charge on any atom is -0.371 e. The Kier molecular flexibility index (Phi) is 5.34. The number of nitrogens with zero attached hydrogens (tertiary/aromatic N) is 2. The van der Waals surface area contributed by atoms with Gasteiger partial charge in [-0.15, -0.1) is 0 Å². The highest BCUT2D eigenvalue weighted by atomic mass is 16.1. The number of carbonyl (C=O) groups excluding carboxylic acids is 1. The molecule has 8 atom stereocenters. The molecule has 1 saturated heterocycles. The summed E-state index contributed by atoms with van der Waals surface area (Å²) in [5.74, 6) is 3.84. The van der Waals surface area contributed by atoms with E-state index in [0.717, 1.165) is 35.3 Å². The fourth-order valence-electron chi connectivity index (χ4n) is 9.93. The average molecular weight is 461 g/mol. The average Bonchev–Trinajstić information content (AvgIpc) is 3.31. The highest BCUT2D eigenvalue weighted by Crippen LogP contribution is 2.68. The summed E-state index contributed by atoms with van der Waals surface area (Å²) in [4.78, 5) is 17.0. The normalized spacial score (nSPS) is 43.4. The van der Waals surface area contributed by atoms with E-state index in [0.29, 0.717) is 16.9 Å². The summed E-state index contributed by atoms with van der Waals surface area (Å²) < 4.78 is 0. The number of anilines is 1. The number of hydrogen-bond donors (Lipinski definition) is 0. The van der Waals surface area contributed by atoms with E-state index in [4.69, 9.17) is 0 Å². The van der Waals surface area contributed by atoms with Gasteiger partial charge in [-0.1, -0.05) is 30.7 Å². The smallest absolute Gasteiger partial charge is 0.159 e. The van der Waals surface area contributed by atoms with Crippen molar-refractivity contribution in [2.75, 3.05) is 25.5 Å². The van der Waals surface area contributed by atoms with Crippen LogP contribution in [-0.2, 0) is 0 Å². The Hall–Kier alpha value is -1.61. The molecule has 6 rings (SSSR count). The lowest BCUT2D eigenvalue weighted by atomic mass is 9.47. The van der Waals surface area contributed by atoms with Crippen molar-refractivity contribution in [3.63, 3.8) is 0 Å². The Morgan fingerprint density at radius 3 is 2.68 bits per heavy atom. The van der Waals surface area contributed by atoms with Crippen LogP contribution < -0.4 is 4.90 Å². The van der Waals surface area contributed by atoms with E-state index in [2.05, 4.69) is 56.0 Å². The molecule has 4 fully saturated rings. The van der Waals surface area contributed by atoms with E-state index in [-0.39, 0.29) is 5.78 Å². The molecule has 3 saturated carbocycles. The van der Waals surface area contributed by atoms with Gasteiger partial charge in [-0.25, -0.2) is 0 Å². The number of benzene rings is 1. The molecule has 34 heavy (non-hydrogen) atoms. The van der Waals surface area contributed by atoms with Gasteiger partial charge in [-0.3, -0.25) is 4.79 Å². The maximum atomic E-state index is 11.9. The zero-order chi connectivity index (χ0) is 23.8. The van der Waals surface area contributed by atoms with E-state index in [1.807, 2.05) is 12.1 Å². The monoisotopic (exact) mass is 460 g/mol. The Bertz CT molecular complexity index is 1010. The number of fused-ring (bicyclic) bond motifs is 4. The molecule has 3 nitrogen and oxygen atoms in total. The lowest BCUT2D eigenvalue weighted by molar-refractivity contribution is -0.0398. The van der Waals surface area contributed by atoms with Gasteiger partial charge in [-0.2, -0.15) is 0 Å². The molecular formula is C31H44N2O. The van der Waals surface area contributed by atoms with Gasteiger partial charge in [0.25, 0.3) is 0 Å². The van der Waals surface area contributed by atoms with Crippen LogP contribution in [0.4, 0.5) is 5.69 Å². The van der Waals surface area contributed by atoms with E-state index in [1.54, 1.807) is 12.5 Å². The minimum absolute atomic E-state index is 0.152. The first-order valence-corrected chi connectivity index (χ1v) is 14.0.